The number of fused-ring (bicyclic) bond motifs is 1. The number of ether oxygens (including phenoxy) is 2. The van der Waals surface area contributed by atoms with Crippen molar-refractivity contribution in [3.05, 3.63) is 53.6 Å². The number of anilines is 2. The van der Waals surface area contributed by atoms with Crippen molar-refractivity contribution >= 4 is 33.2 Å². The number of aryl methyl sites for hydroxylation is 1. The van der Waals surface area contributed by atoms with Gasteiger partial charge < -0.3 is 20.1 Å². The maximum atomic E-state index is 13.1. The summed E-state index contributed by atoms with van der Waals surface area (Å²) in [5.74, 6) is -0.449. The summed E-state index contributed by atoms with van der Waals surface area (Å²) in [6, 6.07) is 11.9. The van der Waals surface area contributed by atoms with Crippen LogP contribution in [-0.4, -0.2) is 58.4 Å². The molecule has 0 bridgehead atoms. The SMILES string of the molecule is Cc1ccc2c(c1)N(S(C)(=O)=O)CCC(C(=O)Nc1ccccc1C(=O)NCC1CCCO1)O2. The van der Waals surface area contributed by atoms with Gasteiger partial charge in [-0.1, -0.05) is 18.2 Å². The molecule has 0 radical (unpaired) electrons. The summed E-state index contributed by atoms with van der Waals surface area (Å²) in [7, 11) is -3.56. The fourth-order valence-corrected chi connectivity index (χ4v) is 5.07. The van der Waals surface area contributed by atoms with E-state index in [2.05, 4.69) is 10.6 Å². The van der Waals surface area contributed by atoms with Gasteiger partial charge >= 0.3 is 0 Å². The summed E-state index contributed by atoms with van der Waals surface area (Å²) >= 11 is 0. The van der Waals surface area contributed by atoms with E-state index >= 15 is 0 Å². The number of nitrogens with one attached hydrogen (secondary N) is 2. The molecule has 2 atom stereocenters. The third-order valence-electron chi connectivity index (χ3n) is 5.88. The number of sulfonamides is 1. The first-order chi connectivity index (χ1) is 16.2. The van der Waals surface area contributed by atoms with Gasteiger partial charge in [-0.25, -0.2) is 8.42 Å². The number of carbonyl (C=O) groups is 2. The number of carbonyl (C=O) groups excluding carboxylic acids is 2. The van der Waals surface area contributed by atoms with Crippen LogP contribution in [0.15, 0.2) is 42.5 Å². The van der Waals surface area contributed by atoms with Gasteiger partial charge in [0.1, 0.15) is 5.75 Å². The van der Waals surface area contributed by atoms with Crippen molar-refractivity contribution in [3.8, 4) is 5.75 Å². The van der Waals surface area contributed by atoms with Crippen LogP contribution in [0.5, 0.6) is 5.75 Å². The molecule has 2 N–H and O–H groups in total. The van der Waals surface area contributed by atoms with Gasteiger partial charge in [-0.2, -0.15) is 0 Å². The van der Waals surface area contributed by atoms with E-state index in [-0.39, 0.29) is 25.0 Å². The van der Waals surface area contributed by atoms with Crippen LogP contribution in [0.1, 0.15) is 35.2 Å². The fraction of sp³-hybridized carbons (Fsp3) is 0.417. The molecule has 2 aromatic carbocycles. The number of hydrogen-bond acceptors (Lipinski definition) is 6. The van der Waals surface area contributed by atoms with Crippen molar-refractivity contribution in [2.75, 3.05) is 35.6 Å². The summed E-state index contributed by atoms with van der Waals surface area (Å²) in [4.78, 5) is 25.9. The van der Waals surface area contributed by atoms with Crippen LogP contribution in [0.3, 0.4) is 0 Å². The first-order valence-corrected chi connectivity index (χ1v) is 13.1. The summed E-state index contributed by atoms with van der Waals surface area (Å²) in [5.41, 5.74) is 1.97. The van der Waals surface area contributed by atoms with Crippen molar-refractivity contribution < 1.29 is 27.5 Å². The van der Waals surface area contributed by atoms with Crippen LogP contribution < -0.4 is 19.7 Å². The quantitative estimate of drug-likeness (QED) is 0.647. The number of amides is 2. The fourth-order valence-electron chi connectivity index (χ4n) is 4.13. The monoisotopic (exact) mass is 487 g/mol. The van der Waals surface area contributed by atoms with Crippen molar-refractivity contribution in [1.82, 2.24) is 5.32 Å². The highest BCUT2D eigenvalue weighted by Gasteiger charge is 2.32. The zero-order chi connectivity index (χ0) is 24.3. The molecule has 4 rings (SSSR count). The van der Waals surface area contributed by atoms with Gasteiger partial charge in [0.25, 0.3) is 11.8 Å². The molecule has 2 aromatic rings. The lowest BCUT2D eigenvalue weighted by molar-refractivity contribution is -0.122. The Morgan fingerprint density at radius 3 is 2.68 bits per heavy atom. The zero-order valence-electron chi connectivity index (χ0n) is 19.2. The Morgan fingerprint density at radius 2 is 1.94 bits per heavy atom. The Kier molecular flexibility index (Phi) is 7.08. The minimum absolute atomic E-state index is 0.00610. The van der Waals surface area contributed by atoms with Gasteiger partial charge in [-0.05, 0) is 49.6 Å². The molecule has 2 heterocycles. The van der Waals surface area contributed by atoms with Crippen LogP contribution >= 0.6 is 0 Å². The molecular formula is C24H29N3O6S. The van der Waals surface area contributed by atoms with Crippen molar-refractivity contribution in [2.24, 2.45) is 0 Å². The normalized spacial score (nSPS) is 20.1. The summed E-state index contributed by atoms with van der Waals surface area (Å²) < 4.78 is 37.5. The average molecular weight is 488 g/mol. The minimum Gasteiger partial charge on any atom is -0.478 e. The third-order valence-corrected chi connectivity index (χ3v) is 7.06. The van der Waals surface area contributed by atoms with Crippen LogP contribution in [0, 0.1) is 6.92 Å². The number of nitrogens with zero attached hydrogens (tertiary/aromatic N) is 1. The summed E-state index contributed by atoms with van der Waals surface area (Å²) in [5, 5.41) is 5.65. The minimum atomic E-state index is -3.56. The Labute approximate surface area is 199 Å². The highest BCUT2D eigenvalue weighted by molar-refractivity contribution is 7.92. The Hall–Kier alpha value is -3.11. The molecule has 9 nitrogen and oxygen atoms in total. The van der Waals surface area contributed by atoms with Gasteiger partial charge in [0.2, 0.25) is 10.0 Å². The molecule has 34 heavy (non-hydrogen) atoms. The first kappa shape index (κ1) is 24.0. The molecule has 1 saturated heterocycles. The number of hydrogen-bond donors (Lipinski definition) is 2. The largest absolute Gasteiger partial charge is 0.478 e. The molecule has 2 amide bonds. The van der Waals surface area contributed by atoms with E-state index in [1.165, 1.54) is 4.31 Å². The van der Waals surface area contributed by atoms with E-state index < -0.39 is 22.0 Å². The smallest absolute Gasteiger partial charge is 0.265 e. The van der Waals surface area contributed by atoms with Crippen LogP contribution in [-0.2, 0) is 19.6 Å². The predicted octanol–water partition coefficient (Wildman–Crippen LogP) is 2.46. The van der Waals surface area contributed by atoms with E-state index in [9.17, 15) is 18.0 Å². The highest BCUT2D eigenvalue weighted by atomic mass is 32.2. The lowest BCUT2D eigenvalue weighted by atomic mass is 10.1. The second-order valence-corrected chi connectivity index (χ2v) is 10.5. The second kappa shape index (κ2) is 10.0. The van der Waals surface area contributed by atoms with Gasteiger partial charge in [-0.3, -0.25) is 13.9 Å². The van der Waals surface area contributed by atoms with E-state index in [1.54, 1.807) is 42.5 Å². The molecule has 0 aromatic heterocycles. The second-order valence-electron chi connectivity index (χ2n) is 8.58. The van der Waals surface area contributed by atoms with Crippen LogP contribution in [0.2, 0.25) is 0 Å². The molecule has 2 unspecified atom stereocenters. The van der Waals surface area contributed by atoms with E-state index in [1.807, 2.05) is 6.92 Å². The van der Waals surface area contributed by atoms with E-state index in [0.717, 1.165) is 24.7 Å². The van der Waals surface area contributed by atoms with Gasteiger partial charge in [0.15, 0.2) is 6.10 Å². The van der Waals surface area contributed by atoms with Crippen molar-refractivity contribution in [3.63, 3.8) is 0 Å². The topological polar surface area (TPSA) is 114 Å². The standard InChI is InChI=1S/C24H29N3O6S/c1-16-9-10-21-20(14-16)27(34(2,30)31)12-11-22(33-21)24(29)26-19-8-4-3-7-18(19)23(28)25-15-17-6-5-13-32-17/h3-4,7-10,14,17,22H,5-6,11-13,15H2,1-2H3,(H,25,28)(H,26,29). The maximum Gasteiger partial charge on any atom is 0.265 e. The molecule has 10 heteroatoms. The van der Waals surface area contributed by atoms with E-state index in [0.29, 0.717) is 35.8 Å². The van der Waals surface area contributed by atoms with Crippen molar-refractivity contribution in [2.45, 2.75) is 38.4 Å². The van der Waals surface area contributed by atoms with Crippen molar-refractivity contribution in [1.29, 1.82) is 0 Å². The number of benzene rings is 2. The predicted molar refractivity (Wildman–Crippen MR) is 129 cm³/mol. The summed E-state index contributed by atoms with van der Waals surface area (Å²) in [6.07, 6.45) is 2.24. The average Bonchev–Trinajstić information content (AvgIpc) is 3.23. The Balaban J connectivity index is 1.50. The number of para-hydroxylation sites is 1. The molecule has 2 aliphatic heterocycles. The van der Waals surface area contributed by atoms with Crippen LogP contribution in [0.25, 0.3) is 0 Å². The Morgan fingerprint density at radius 1 is 1.15 bits per heavy atom. The third kappa shape index (κ3) is 5.51. The highest BCUT2D eigenvalue weighted by Crippen LogP contribution is 2.35. The van der Waals surface area contributed by atoms with E-state index in [4.69, 9.17) is 9.47 Å². The maximum absolute atomic E-state index is 13.1. The molecular weight excluding hydrogens is 458 g/mol. The molecule has 2 aliphatic rings. The zero-order valence-corrected chi connectivity index (χ0v) is 20.1. The number of rotatable bonds is 6. The lowest BCUT2D eigenvalue weighted by Crippen LogP contribution is -2.37. The molecule has 182 valence electrons. The molecule has 0 saturated carbocycles. The van der Waals surface area contributed by atoms with Crippen LogP contribution in [0.4, 0.5) is 11.4 Å². The summed E-state index contributed by atoms with van der Waals surface area (Å²) in [6.45, 7) is 3.06. The molecule has 0 spiro atoms. The van der Waals surface area contributed by atoms with Gasteiger partial charge in [0.05, 0.1) is 29.3 Å². The van der Waals surface area contributed by atoms with Gasteiger partial charge in [-0.15, -0.1) is 0 Å². The lowest BCUT2D eigenvalue weighted by Gasteiger charge is -2.21. The van der Waals surface area contributed by atoms with Gasteiger partial charge in [0, 0.05) is 26.1 Å². The molecule has 0 aliphatic carbocycles. The first-order valence-electron chi connectivity index (χ1n) is 11.3. The molecule has 1 fully saturated rings. The Bertz CT molecular complexity index is 1180.